The summed E-state index contributed by atoms with van der Waals surface area (Å²) < 4.78 is 20.4. The number of para-hydroxylation sites is 1. The zero-order valence-electron chi connectivity index (χ0n) is 18.8. The van der Waals surface area contributed by atoms with Crippen molar-refractivity contribution in [1.29, 1.82) is 0 Å². The van der Waals surface area contributed by atoms with Crippen LogP contribution in [0.2, 0.25) is 5.02 Å². The Bertz CT molecular complexity index is 1330. The fraction of sp³-hybridized carbons (Fsp3) is 0.208. The van der Waals surface area contributed by atoms with Crippen molar-refractivity contribution in [1.82, 2.24) is 25.3 Å². The molecule has 1 unspecified atom stereocenters. The first kappa shape index (κ1) is 24.2. The van der Waals surface area contributed by atoms with Crippen LogP contribution < -0.4 is 10.2 Å². The van der Waals surface area contributed by atoms with Gasteiger partial charge in [-0.25, -0.2) is 9.07 Å². The van der Waals surface area contributed by atoms with E-state index in [0.29, 0.717) is 16.6 Å². The van der Waals surface area contributed by atoms with E-state index in [0.717, 1.165) is 6.07 Å². The number of anilines is 1. The standard InChI is InChI=1S/C24H22ClFN6O3/c1-35-12-11-28-24(34)23(16-5-4-10-27-14-16)32(17-8-9-19(26)18(25)13-17)22(33)15-31-21-7-3-2-6-20(21)29-30-31/h2-10,13-14,23H,11-12,15H2,1H3,(H,28,34). The molecule has 0 bridgehead atoms. The molecule has 4 rings (SSSR count). The van der Waals surface area contributed by atoms with Gasteiger partial charge < -0.3 is 10.1 Å². The van der Waals surface area contributed by atoms with Crippen LogP contribution in [0.4, 0.5) is 10.1 Å². The molecule has 9 nitrogen and oxygen atoms in total. The lowest BCUT2D eigenvalue weighted by Crippen LogP contribution is -2.46. The van der Waals surface area contributed by atoms with E-state index < -0.39 is 23.7 Å². The fourth-order valence-electron chi connectivity index (χ4n) is 3.64. The van der Waals surface area contributed by atoms with Crippen LogP contribution in [0.5, 0.6) is 0 Å². The highest BCUT2D eigenvalue weighted by atomic mass is 35.5. The van der Waals surface area contributed by atoms with Gasteiger partial charge in [0.25, 0.3) is 0 Å². The minimum atomic E-state index is -1.12. The van der Waals surface area contributed by atoms with E-state index in [9.17, 15) is 14.0 Å². The Hall–Kier alpha value is -3.89. The van der Waals surface area contributed by atoms with Crippen molar-refractivity contribution in [2.45, 2.75) is 12.6 Å². The Morgan fingerprint density at radius 3 is 2.77 bits per heavy atom. The maximum atomic E-state index is 14.0. The lowest BCUT2D eigenvalue weighted by atomic mass is 10.0. The zero-order chi connectivity index (χ0) is 24.8. The maximum absolute atomic E-state index is 14.0. The molecule has 4 aromatic rings. The molecule has 0 spiro atoms. The molecule has 0 aliphatic heterocycles. The number of rotatable bonds is 9. The van der Waals surface area contributed by atoms with Crippen molar-refractivity contribution in [3.63, 3.8) is 0 Å². The molecule has 0 saturated heterocycles. The molecule has 2 heterocycles. The maximum Gasteiger partial charge on any atom is 0.249 e. The SMILES string of the molecule is COCCNC(=O)C(c1cccnc1)N(C(=O)Cn1nnc2ccccc21)c1ccc(F)c(Cl)c1. The number of carbonyl (C=O) groups is 2. The normalized spacial score (nSPS) is 11.9. The van der Waals surface area contributed by atoms with Gasteiger partial charge in [0, 0.05) is 37.3 Å². The second-order valence-corrected chi connectivity index (χ2v) is 7.98. The average molecular weight is 497 g/mol. The van der Waals surface area contributed by atoms with Crippen molar-refractivity contribution in [3.8, 4) is 0 Å². The van der Waals surface area contributed by atoms with Crippen molar-refractivity contribution in [3.05, 3.63) is 83.4 Å². The van der Waals surface area contributed by atoms with E-state index in [-0.39, 0.29) is 30.4 Å². The van der Waals surface area contributed by atoms with E-state index in [1.54, 1.807) is 30.5 Å². The van der Waals surface area contributed by atoms with Gasteiger partial charge in [0.15, 0.2) is 0 Å². The molecule has 0 aliphatic rings. The lowest BCUT2D eigenvalue weighted by molar-refractivity contribution is -0.127. The number of pyridine rings is 1. The molecule has 180 valence electrons. The Kier molecular flexibility index (Phi) is 7.64. The van der Waals surface area contributed by atoms with Gasteiger partial charge in [-0.1, -0.05) is 35.0 Å². The Labute approximate surface area is 205 Å². The van der Waals surface area contributed by atoms with Gasteiger partial charge in [-0.2, -0.15) is 0 Å². The van der Waals surface area contributed by atoms with Gasteiger partial charge in [-0.05, 0) is 36.4 Å². The van der Waals surface area contributed by atoms with Gasteiger partial charge in [-0.15, -0.1) is 5.10 Å². The van der Waals surface area contributed by atoms with E-state index >= 15 is 0 Å². The van der Waals surface area contributed by atoms with Crippen LogP contribution in [0.15, 0.2) is 67.0 Å². The van der Waals surface area contributed by atoms with Gasteiger partial charge >= 0.3 is 0 Å². The number of halogens is 2. The molecule has 11 heteroatoms. The van der Waals surface area contributed by atoms with Gasteiger partial charge in [0.2, 0.25) is 11.8 Å². The second-order valence-electron chi connectivity index (χ2n) is 7.57. The summed E-state index contributed by atoms with van der Waals surface area (Å²) in [6.07, 6.45) is 3.06. The number of carbonyl (C=O) groups excluding carboxylic acids is 2. The first-order valence-electron chi connectivity index (χ1n) is 10.7. The van der Waals surface area contributed by atoms with Crippen molar-refractivity contribution in [2.24, 2.45) is 0 Å². The fourth-order valence-corrected chi connectivity index (χ4v) is 3.81. The summed E-state index contributed by atoms with van der Waals surface area (Å²) in [7, 11) is 1.52. The summed E-state index contributed by atoms with van der Waals surface area (Å²) in [4.78, 5) is 32.5. The van der Waals surface area contributed by atoms with Crippen LogP contribution in [-0.2, 0) is 20.9 Å². The second kappa shape index (κ2) is 11.0. The Balaban J connectivity index is 1.78. The molecule has 1 atom stereocenters. The summed E-state index contributed by atoms with van der Waals surface area (Å²) in [6.45, 7) is 0.288. The average Bonchev–Trinajstić information content (AvgIpc) is 3.27. The number of aromatic nitrogens is 4. The molecule has 1 N–H and O–H groups in total. The third kappa shape index (κ3) is 5.44. The number of methoxy groups -OCH3 is 1. The van der Waals surface area contributed by atoms with Crippen LogP contribution in [-0.4, -0.2) is 52.1 Å². The number of ether oxygens (including phenoxy) is 1. The largest absolute Gasteiger partial charge is 0.383 e. The summed E-state index contributed by atoms with van der Waals surface area (Å²) >= 11 is 6.05. The summed E-state index contributed by atoms with van der Waals surface area (Å²) in [5.74, 6) is -1.60. The predicted octanol–water partition coefficient (Wildman–Crippen LogP) is 3.16. The molecular weight excluding hydrogens is 475 g/mol. The third-order valence-electron chi connectivity index (χ3n) is 5.27. The molecule has 0 saturated carbocycles. The summed E-state index contributed by atoms with van der Waals surface area (Å²) in [5.41, 5.74) is 1.97. The van der Waals surface area contributed by atoms with Gasteiger partial charge in [0.1, 0.15) is 23.9 Å². The van der Waals surface area contributed by atoms with E-state index in [2.05, 4.69) is 20.6 Å². The molecule has 0 radical (unpaired) electrons. The highest BCUT2D eigenvalue weighted by molar-refractivity contribution is 6.31. The zero-order valence-corrected chi connectivity index (χ0v) is 19.5. The number of nitrogens with one attached hydrogen (secondary N) is 1. The predicted molar refractivity (Wildman–Crippen MR) is 128 cm³/mol. The smallest absolute Gasteiger partial charge is 0.249 e. The minimum absolute atomic E-state index is 0.184. The van der Waals surface area contributed by atoms with Crippen LogP contribution in [0.25, 0.3) is 11.0 Å². The monoisotopic (exact) mass is 496 g/mol. The Morgan fingerprint density at radius 2 is 2.03 bits per heavy atom. The third-order valence-corrected chi connectivity index (χ3v) is 5.56. The Morgan fingerprint density at radius 1 is 1.20 bits per heavy atom. The van der Waals surface area contributed by atoms with E-state index in [1.807, 2.05) is 12.1 Å². The van der Waals surface area contributed by atoms with Crippen LogP contribution in [0, 0.1) is 5.82 Å². The number of benzene rings is 2. The van der Waals surface area contributed by atoms with E-state index in [4.69, 9.17) is 16.3 Å². The highest BCUT2D eigenvalue weighted by Gasteiger charge is 2.33. The van der Waals surface area contributed by atoms with Crippen LogP contribution in [0.1, 0.15) is 11.6 Å². The van der Waals surface area contributed by atoms with Gasteiger partial charge in [0.05, 0.1) is 17.1 Å². The minimum Gasteiger partial charge on any atom is -0.383 e. The molecule has 2 aromatic carbocycles. The number of fused-ring (bicyclic) bond motifs is 1. The quantitative estimate of drug-likeness (QED) is 0.357. The first-order valence-corrected chi connectivity index (χ1v) is 11.1. The van der Waals surface area contributed by atoms with Crippen molar-refractivity contribution in [2.75, 3.05) is 25.2 Å². The first-order chi connectivity index (χ1) is 17.0. The number of amides is 2. The molecule has 2 aromatic heterocycles. The van der Waals surface area contributed by atoms with Crippen LogP contribution >= 0.6 is 11.6 Å². The van der Waals surface area contributed by atoms with Gasteiger partial charge in [-0.3, -0.25) is 19.5 Å². The number of nitrogens with zero attached hydrogens (tertiary/aromatic N) is 5. The summed E-state index contributed by atoms with van der Waals surface area (Å²) in [5, 5.41) is 10.8. The topological polar surface area (TPSA) is 102 Å². The highest BCUT2D eigenvalue weighted by Crippen LogP contribution is 2.31. The molecule has 0 fully saturated rings. The van der Waals surface area contributed by atoms with E-state index in [1.165, 1.54) is 35.0 Å². The molecule has 2 amide bonds. The lowest BCUT2D eigenvalue weighted by Gasteiger charge is -2.31. The molecular formula is C24H22ClFN6O3. The number of hydrogen-bond acceptors (Lipinski definition) is 6. The van der Waals surface area contributed by atoms with Crippen LogP contribution in [0.3, 0.4) is 0 Å². The summed E-state index contributed by atoms with van der Waals surface area (Å²) in [6, 6.07) is 13.3. The van der Waals surface area contributed by atoms with Crippen molar-refractivity contribution < 1.29 is 18.7 Å². The van der Waals surface area contributed by atoms with Crippen molar-refractivity contribution >= 4 is 40.1 Å². The molecule has 0 aliphatic carbocycles. The number of hydrogen-bond donors (Lipinski definition) is 1. The molecule has 35 heavy (non-hydrogen) atoms.